The van der Waals surface area contributed by atoms with Gasteiger partial charge >= 0.3 is 0 Å². The number of rotatable bonds is 5. The first-order valence-electron chi connectivity index (χ1n) is 6.75. The minimum absolute atomic E-state index is 0.0609. The summed E-state index contributed by atoms with van der Waals surface area (Å²) in [5, 5.41) is 10.4. The summed E-state index contributed by atoms with van der Waals surface area (Å²) in [4.78, 5) is 2.21. The topological polar surface area (TPSA) is 58.7 Å². The molecule has 0 aromatic heterocycles. The minimum atomic E-state index is -0.164. The molecular formula is C14H20Cl2N2O2. The van der Waals surface area contributed by atoms with Gasteiger partial charge in [0.2, 0.25) is 0 Å². The van der Waals surface area contributed by atoms with E-state index in [4.69, 9.17) is 33.7 Å². The zero-order valence-electron chi connectivity index (χ0n) is 11.3. The number of halogens is 2. The first-order valence-corrected chi connectivity index (χ1v) is 7.51. The molecule has 20 heavy (non-hydrogen) atoms. The molecule has 3 N–H and O–H groups in total. The molecule has 6 heteroatoms. The van der Waals surface area contributed by atoms with E-state index in [0.29, 0.717) is 23.3 Å². The molecule has 4 nitrogen and oxygen atoms in total. The predicted molar refractivity (Wildman–Crippen MR) is 81.3 cm³/mol. The van der Waals surface area contributed by atoms with Gasteiger partial charge in [-0.25, -0.2) is 0 Å². The van der Waals surface area contributed by atoms with E-state index in [-0.39, 0.29) is 18.7 Å². The smallest absolute Gasteiger partial charge is 0.0644 e. The zero-order chi connectivity index (χ0) is 14.5. The molecule has 0 spiro atoms. The Balaban J connectivity index is 1.94. The predicted octanol–water partition coefficient (Wildman–Crippen LogP) is 2.08. The second-order valence-corrected chi connectivity index (χ2v) is 5.77. The minimum Gasteiger partial charge on any atom is -0.395 e. The highest BCUT2D eigenvalue weighted by Gasteiger charge is 2.23. The fraction of sp³-hybridized carbons (Fsp3) is 0.571. The van der Waals surface area contributed by atoms with Crippen molar-refractivity contribution in [3.05, 3.63) is 33.8 Å². The van der Waals surface area contributed by atoms with E-state index in [1.807, 2.05) is 12.1 Å². The molecule has 1 fully saturated rings. The summed E-state index contributed by atoms with van der Waals surface area (Å²) in [6.07, 6.45) is 0.760. The molecule has 0 amide bonds. The van der Waals surface area contributed by atoms with E-state index in [9.17, 15) is 5.11 Å². The summed E-state index contributed by atoms with van der Waals surface area (Å²) in [6.45, 7) is 3.00. The summed E-state index contributed by atoms with van der Waals surface area (Å²) in [5.74, 6) is 0. The monoisotopic (exact) mass is 318 g/mol. The van der Waals surface area contributed by atoms with Crippen molar-refractivity contribution in [1.29, 1.82) is 0 Å². The van der Waals surface area contributed by atoms with E-state index in [1.54, 1.807) is 6.07 Å². The van der Waals surface area contributed by atoms with Gasteiger partial charge in [-0.05, 0) is 18.1 Å². The van der Waals surface area contributed by atoms with Crippen LogP contribution in [0.2, 0.25) is 10.0 Å². The van der Waals surface area contributed by atoms with Crippen LogP contribution in [0.5, 0.6) is 0 Å². The van der Waals surface area contributed by atoms with Crippen molar-refractivity contribution in [3.63, 3.8) is 0 Å². The maximum absolute atomic E-state index is 9.33. The third-order valence-electron chi connectivity index (χ3n) is 3.67. The Morgan fingerprint density at radius 2 is 2.25 bits per heavy atom. The van der Waals surface area contributed by atoms with Gasteiger partial charge in [-0.1, -0.05) is 35.3 Å². The summed E-state index contributed by atoms with van der Waals surface area (Å²) < 4.78 is 5.36. The van der Waals surface area contributed by atoms with Gasteiger partial charge in [-0.15, -0.1) is 0 Å². The van der Waals surface area contributed by atoms with Crippen molar-refractivity contribution in [2.45, 2.75) is 18.5 Å². The van der Waals surface area contributed by atoms with E-state index < -0.39 is 0 Å². The largest absolute Gasteiger partial charge is 0.395 e. The van der Waals surface area contributed by atoms with Gasteiger partial charge in [-0.2, -0.15) is 0 Å². The lowest BCUT2D eigenvalue weighted by Gasteiger charge is -2.35. The highest BCUT2D eigenvalue weighted by Crippen LogP contribution is 2.30. The van der Waals surface area contributed by atoms with Gasteiger partial charge in [0.1, 0.15) is 0 Å². The van der Waals surface area contributed by atoms with Crippen molar-refractivity contribution in [3.8, 4) is 0 Å². The molecule has 1 aliphatic rings. The van der Waals surface area contributed by atoms with Crippen LogP contribution in [-0.2, 0) is 4.74 Å². The van der Waals surface area contributed by atoms with Gasteiger partial charge in [0, 0.05) is 19.1 Å². The van der Waals surface area contributed by atoms with Gasteiger partial charge in [0.15, 0.2) is 0 Å². The van der Waals surface area contributed by atoms with E-state index >= 15 is 0 Å². The lowest BCUT2D eigenvalue weighted by molar-refractivity contribution is -0.0282. The molecule has 2 unspecified atom stereocenters. The average Bonchev–Trinajstić information content (AvgIpc) is 2.48. The lowest BCUT2D eigenvalue weighted by Crippen LogP contribution is -2.48. The summed E-state index contributed by atoms with van der Waals surface area (Å²) >= 11 is 12.2. The maximum atomic E-state index is 9.33. The number of aliphatic hydroxyl groups excluding tert-OH is 1. The van der Waals surface area contributed by atoms with Gasteiger partial charge in [0.25, 0.3) is 0 Å². The Kier molecular flexibility index (Phi) is 6.08. The number of nitrogens with zero attached hydrogens (tertiary/aromatic N) is 1. The Hall–Kier alpha value is -0.360. The molecule has 0 radical (unpaired) electrons. The number of benzene rings is 1. The number of hydrogen-bond acceptors (Lipinski definition) is 4. The van der Waals surface area contributed by atoms with Crippen LogP contribution < -0.4 is 5.73 Å². The Morgan fingerprint density at radius 1 is 1.45 bits per heavy atom. The molecule has 1 saturated heterocycles. The third kappa shape index (κ3) is 3.85. The van der Waals surface area contributed by atoms with Gasteiger partial charge in [-0.3, -0.25) is 4.90 Å². The highest BCUT2D eigenvalue weighted by atomic mass is 35.5. The molecule has 1 heterocycles. The van der Waals surface area contributed by atoms with Crippen LogP contribution >= 0.6 is 23.2 Å². The fourth-order valence-electron chi connectivity index (χ4n) is 2.42. The zero-order valence-corrected chi connectivity index (χ0v) is 12.8. The van der Waals surface area contributed by atoms with Crippen molar-refractivity contribution in [2.75, 3.05) is 32.9 Å². The van der Waals surface area contributed by atoms with Crippen LogP contribution in [0.3, 0.4) is 0 Å². The van der Waals surface area contributed by atoms with Crippen LogP contribution in [0.25, 0.3) is 0 Å². The Bertz CT molecular complexity index is 445. The quantitative estimate of drug-likeness (QED) is 0.872. The number of ether oxygens (including phenoxy) is 1. The van der Waals surface area contributed by atoms with Crippen LogP contribution in [0.4, 0.5) is 0 Å². The van der Waals surface area contributed by atoms with E-state index in [1.165, 1.54) is 0 Å². The number of nitrogens with two attached hydrogens (primary N) is 1. The number of morpholine rings is 1. The molecule has 2 rings (SSSR count). The normalized spacial score (nSPS) is 21.9. The second kappa shape index (κ2) is 7.59. The third-order valence-corrected chi connectivity index (χ3v) is 4.50. The summed E-state index contributed by atoms with van der Waals surface area (Å²) in [5.41, 5.74) is 7.07. The molecule has 1 aromatic rings. The molecule has 2 atom stereocenters. The number of aliphatic hydroxyl groups is 1. The molecule has 0 bridgehead atoms. The van der Waals surface area contributed by atoms with Crippen molar-refractivity contribution < 1.29 is 9.84 Å². The van der Waals surface area contributed by atoms with Gasteiger partial charge < -0.3 is 15.6 Å². The second-order valence-electron chi connectivity index (χ2n) is 4.99. The van der Waals surface area contributed by atoms with Crippen molar-refractivity contribution >= 4 is 23.2 Å². The molecule has 0 aliphatic carbocycles. The first-order chi connectivity index (χ1) is 9.63. The average molecular weight is 319 g/mol. The molecular weight excluding hydrogens is 299 g/mol. The molecule has 1 aliphatic heterocycles. The number of hydrogen-bond donors (Lipinski definition) is 2. The molecule has 0 saturated carbocycles. The summed E-state index contributed by atoms with van der Waals surface area (Å²) in [7, 11) is 0. The Morgan fingerprint density at radius 3 is 3.00 bits per heavy atom. The SMILES string of the molecule is NC(CCN1CCOCC1CO)c1cccc(Cl)c1Cl. The van der Waals surface area contributed by atoms with E-state index in [0.717, 1.165) is 25.1 Å². The van der Waals surface area contributed by atoms with Gasteiger partial charge in [0.05, 0.1) is 35.9 Å². The van der Waals surface area contributed by atoms with Crippen LogP contribution in [0.1, 0.15) is 18.0 Å². The van der Waals surface area contributed by atoms with Crippen LogP contribution in [-0.4, -0.2) is 49.0 Å². The van der Waals surface area contributed by atoms with Crippen molar-refractivity contribution in [1.82, 2.24) is 4.90 Å². The first kappa shape index (κ1) is 16.0. The summed E-state index contributed by atoms with van der Waals surface area (Å²) in [6, 6.07) is 5.41. The van der Waals surface area contributed by atoms with E-state index in [2.05, 4.69) is 4.90 Å². The van der Waals surface area contributed by atoms with Crippen LogP contribution in [0, 0.1) is 0 Å². The molecule has 1 aromatic carbocycles. The molecule has 112 valence electrons. The standard InChI is InChI=1S/C14H20Cl2N2O2/c15-12-3-1-2-11(14(12)16)13(17)4-5-18-6-7-20-9-10(18)8-19/h1-3,10,13,19H,4-9,17H2. The van der Waals surface area contributed by atoms with Crippen molar-refractivity contribution in [2.24, 2.45) is 5.73 Å². The van der Waals surface area contributed by atoms with Crippen LogP contribution in [0.15, 0.2) is 18.2 Å². The highest BCUT2D eigenvalue weighted by molar-refractivity contribution is 6.42. The lowest BCUT2D eigenvalue weighted by atomic mass is 10.0. The Labute approximate surface area is 129 Å². The maximum Gasteiger partial charge on any atom is 0.0644 e. The fourth-order valence-corrected chi connectivity index (χ4v) is 2.87.